The topological polar surface area (TPSA) is 91.6 Å². The first kappa shape index (κ1) is 21.3. The summed E-state index contributed by atoms with van der Waals surface area (Å²) >= 11 is 1.27. The van der Waals surface area contributed by atoms with Gasteiger partial charge in [0.25, 0.3) is 0 Å². The van der Waals surface area contributed by atoms with Gasteiger partial charge in [-0.3, -0.25) is 0 Å². The Morgan fingerprint density at radius 2 is 2.19 bits per heavy atom. The number of anilines is 1. The van der Waals surface area contributed by atoms with Gasteiger partial charge >= 0.3 is 5.97 Å². The predicted octanol–water partition coefficient (Wildman–Crippen LogP) is 3.57. The van der Waals surface area contributed by atoms with Crippen molar-refractivity contribution in [3.05, 3.63) is 23.4 Å². The Morgan fingerprint density at radius 1 is 1.31 bits per heavy atom. The van der Waals surface area contributed by atoms with E-state index in [4.69, 9.17) is 23.6 Å². The van der Waals surface area contributed by atoms with Crippen molar-refractivity contribution >= 4 is 33.5 Å². The van der Waals surface area contributed by atoms with Gasteiger partial charge in [-0.1, -0.05) is 0 Å². The lowest BCUT2D eigenvalue weighted by Gasteiger charge is -2.35. The first-order valence-corrected chi connectivity index (χ1v) is 11.8. The molecule has 0 saturated carbocycles. The number of methoxy groups -OCH3 is 1. The van der Waals surface area contributed by atoms with Gasteiger partial charge in [-0.05, 0) is 50.7 Å². The number of nitrogens with zero attached hydrogens (tertiary/aromatic N) is 5. The quantitative estimate of drug-likeness (QED) is 0.549. The third kappa shape index (κ3) is 3.56. The molecule has 170 valence electrons. The van der Waals surface area contributed by atoms with Gasteiger partial charge in [-0.2, -0.15) is 9.47 Å². The minimum Gasteiger partial charge on any atom is -0.465 e. The van der Waals surface area contributed by atoms with E-state index in [1.165, 1.54) is 18.6 Å². The molecule has 0 radical (unpaired) electrons. The van der Waals surface area contributed by atoms with Crippen molar-refractivity contribution in [2.75, 3.05) is 38.4 Å². The van der Waals surface area contributed by atoms with Crippen LogP contribution in [0.15, 0.2) is 12.3 Å². The lowest BCUT2D eigenvalue weighted by atomic mass is 10.1. The lowest BCUT2D eigenvalue weighted by molar-refractivity contribution is -0.0383. The Kier molecular flexibility index (Phi) is 5.83. The summed E-state index contributed by atoms with van der Waals surface area (Å²) in [6.07, 6.45) is 4.73. The number of morpholine rings is 1. The molecule has 0 aliphatic carbocycles. The van der Waals surface area contributed by atoms with Crippen molar-refractivity contribution in [1.82, 2.24) is 19.1 Å². The van der Waals surface area contributed by atoms with Crippen LogP contribution in [0.4, 0.5) is 5.82 Å². The lowest BCUT2D eigenvalue weighted by Crippen LogP contribution is -2.44. The standard InChI is InChI=1S/C22H27N5O4S/c1-13-12-30-11-9-26(13)21-14(2)17(22(28)29-3)20-19(24-21)18(25-32-20)15-7-8-23-27(15)16-6-4-5-10-31-16/h7-8,13,16H,4-6,9-12H2,1-3H3/t13-,16?/m1/s1. The maximum absolute atomic E-state index is 12.8. The molecule has 0 amide bonds. The predicted molar refractivity (Wildman–Crippen MR) is 121 cm³/mol. The second kappa shape index (κ2) is 8.76. The molecule has 2 fully saturated rings. The average molecular weight is 458 g/mol. The van der Waals surface area contributed by atoms with Gasteiger partial charge in [0.2, 0.25) is 0 Å². The minimum atomic E-state index is -0.378. The number of rotatable bonds is 4. The van der Waals surface area contributed by atoms with E-state index in [1.54, 1.807) is 6.20 Å². The molecule has 3 aromatic heterocycles. The van der Waals surface area contributed by atoms with Crippen molar-refractivity contribution in [3.63, 3.8) is 0 Å². The van der Waals surface area contributed by atoms with Crippen LogP contribution in [0.5, 0.6) is 0 Å². The van der Waals surface area contributed by atoms with E-state index in [-0.39, 0.29) is 18.2 Å². The summed E-state index contributed by atoms with van der Waals surface area (Å²) in [7, 11) is 1.41. The number of fused-ring (bicyclic) bond motifs is 1. The monoisotopic (exact) mass is 457 g/mol. The number of hydrogen-bond donors (Lipinski definition) is 0. The van der Waals surface area contributed by atoms with Crippen LogP contribution >= 0.6 is 11.5 Å². The Bertz CT molecular complexity index is 1140. The molecule has 0 spiro atoms. The Labute approximate surface area is 190 Å². The van der Waals surface area contributed by atoms with Crippen LogP contribution in [0.25, 0.3) is 21.6 Å². The number of esters is 1. The van der Waals surface area contributed by atoms with E-state index < -0.39 is 0 Å². The summed E-state index contributed by atoms with van der Waals surface area (Å²) in [5.41, 5.74) is 3.57. The van der Waals surface area contributed by atoms with E-state index in [1.807, 2.05) is 17.7 Å². The molecule has 1 unspecified atom stereocenters. The highest BCUT2D eigenvalue weighted by Gasteiger charge is 2.30. The zero-order chi connectivity index (χ0) is 22.2. The van der Waals surface area contributed by atoms with Crippen molar-refractivity contribution < 1.29 is 19.0 Å². The summed E-state index contributed by atoms with van der Waals surface area (Å²) in [4.78, 5) is 20.1. The number of carbonyl (C=O) groups is 1. The molecule has 5 heterocycles. The molecule has 0 bridgehead atoms. The molecule has 2 aliphatic heterocycles. The van der Waals surface area contributed by atoms with Crippen molar-refractivity contribution in [1.29, 1.82) is 0 Å². The average Bonchev–Trinajstić information content (AvgIpc) is 3.46. The highest BCUT2D eigenvalue weighted by Crippen LogP contribution is 2.38. The van der Waals surface area contributed by atoms with Gasteiger partial charge in [-0.25, -0.2) is 14.5 Å². The molecule has 0 aromatic carbocycles. The largest absolute Gasteiger partial charge is 0.465 e. The van der Waals surface area contributed by atoms with Gasteiger partial charge in [-0.15, -0.1) is 0 Å². The molecule has 0 N–H and O–H groups in total. The second-order valence-electron chi connectivity index (χ2n) is 8.24. The van der Waals surface area contributed by atoms with Crippen molar-refractivity contribution in [3.8, 4) is 11.4 Å². The van der Waals surface area contributed by atoms with Crippen LogP contribution in [0, 0.1) is 6.92 Å². The Hall–Kier alpha value is -2.56. The highest BCUT2D eigenvalue weighted by atomic mass is 32.1. The molecule has 9 nitrogen and oxygen atoms in total. The molecule has 3 aromatic rings. The Balaban J connectivity index is 1.69. The normalized spacial score (nSPS) is 21.8. The first-order valence-electron chi connectivity index (χ1n) is 11.0. The Morgan fingerprint density at radius 3 is 2.94 bits per heavy atom. The molecule has 2 aliphatic rings. The van der Waals surface area contributed by atoms with Gasteiger partial charge in [0, 0.05) is 24.9 Å². The summed E-state index contributed by atoms with van der Waals surface area (Å²) < 4.78 is 24.1. The van der Waals surface area contributed by atoms with E-state index in [9.17, 15) is 4.79 Å². The summed E-state index contributed by atoms with van der Waals surface area (Å²) in [6.45, 7) is 6.71. The first-order chi connectivity index (χ1) is 15.6. The fourth-order valence-electron chi connectivity index (χ4n) is 4.51. The maximum atomic E-state index is 12.8. The summed E-state index contributed by atoms with van der Waals surface area (Å²) in [5.74, 6) is 0.395. The van der Waals surface area contributed by atoms with E-state index in [0.717, 1.165) is 47.6 Å². The van der Waals surface area contributed by atoms with Gasteiger partial charge in [0.1, 0.15) is 17.0 Å². The molecular formula is C22H27N5O4S. The second-order valence-corrected chi connectivity index (χ2v) is 9.01. The molecule has 2 saturated heterocycles. The number of aromatic nitrogens is 4. The van der Waals surface area contributed by atoms with Crippen molar-refractivity contribution in [2.45, 2.75) is 45.4 Å². The minimum absolute atomic E-state index is 0.116. The SMILES string of the molecule is COC(=O)c1c(C)c(N2CCOC[C@H]2C)nc2c(-c3ccnn3C3CCCCO3)nsc12. The van der Waals surface area contributed by atoms with Crippen LogP contribution < -0.4 is 4.90 Å². The van der Waals surface area contributed by atoms with Crippen LogP contribution in [-0.2, 0) is 14.2 Å². The maximum Gasteiger partial charge on any atom is 0.339 e. The molecular weight excluding hydrogens is 430 g/mol. The highest BCUT2D eigenvalue weighted by molar-refractivity contribution is 7.14. The van der Waals surface area contributed by atoms with Crippen LogP contribution in [-0.4, -0.2) is 64.6 Å². The number of ether oxygens (including phenoxy) is 3. The summed E-state index contributed by atoms with van der Waals surface area (Å²) in [5, 5.41) is 4.53. The van der Waals surface area contributed by atoms with Gasteiger partial charge in [0.15, 0.2) is 6.23 Å². The third-order valence-corrected chi connectivity index (χ3v) is 7.05. The fourth-order valence-corrected chi connectivity index (χ4v) is 5.43. The fraction of sp³-hybridized carbons (Fsp3) is 0.545. The van der Waals surface area contributed by atoms with Crippen LogP contribution in [0.2, 0.25) is 0 Å². The molecule has 10 heteroatoms. The number of carbonyl (C=O) groups excluding carboxylic acids is 1. The zero-order valence-corrected chi connectivity index (χ0v) is 19.4. The zero-order valence-electron chi connectivity index (χ0n) is 18.5. The van der Waals surface area contributed by atoms with Crippen molar-refractivity contribution in [2.24, 2.45) is 0 Å². The van der Waals surface area contributed by atoms with Gasteiger partial charge in [0.05, 0.1) is 42.3 Å². The number of hydrogen-bond acceptors (Lipinski definition) is 9. The van der Waals surface area contributed by atoms with E-state index in [0.29, 0.717) is 36.5 Å². The smallest absolute Gasteiger partial charge is 0.339 e. The van der Waals surface area contributed by atoms with Gasteiger partial charge < -0.3 is 19.1 Å². The van der Waals surface area contributed by atoms with Crippen LogP contribution in [0.1, 0.15) is 48.3 Å². The third-order valence-electron chi connectivity index (χ3n) is 6.19. The van der Waals surface area contributed by atoms with E-state index in [2.05, 4.69) is 16.9 Å². The molecule has 32 heavy (non-hydrogen) atoms. The number of pyridine rings is 1. The van der Waals surface area contributed by atoms with E-state index >= 15 is 0 Å². The van der Waals surface area contributed by atoms with Crippen LogP contribution in [0.3, 0.4) is 0 Å². The summed E-state index contributed by atoms with van der Waals surface area (Å²) in [6, 6.07) is 2.08. The molecule has 5 rings (SSSR count). The molecule has 2 atom stereocenters.